The molecule has 0 N–H and O–H groups in total. The van der Waals surface area contributed by atoms with Crippen molar-refractivity contribution in [2.75, 3.05) is 0 Å². The van der Waals surface area contributed by atoms with Crippen LogP contribution in [0.2, 0.25) is 0 Å². The van der Waals surface area contributed by atoms with E-state index >= 15 is 0 Å². The summed E-state index contributed by atoms with van der Waals surface area (Å²) in [4.78, 5) is 0. The quantitative estimate of drug-likeness (QED) is 0.714. The lowest BCUT2D eigenvalue weighted by Gasteiger charge is -2.03. The standard InChI is InChI=1S/C6H7F3N2O2S/c1-6(7,8)4-3-5(11(2)10-4)14(9,12)13/h3H,1-2H3. The molecule has 0 aromatic carbocycles. The van der Waals surface area contributed by atoms with Crippen molar-refractivity contribution in [2.45, 2.75) is 17.9 Å². The molecule has 0 radical (unpaired) electrons. The molecule has 0 amide bonds. The average molecular weight is 228 g/mol. The van der Waals surface area contributed by atoms with E-state index in [1.165, 1.54) is 0 Å². The summed E-state index contributed by atoms with van der Waals surface area (Å²) in [6, 6.07) is 0.509. The molecule has 80 valence electrons. The first-order chi connectivity index (χ1) is 6.12. The minimum atomic E-state index is -5.01. The van der Waals surface area contributed by atoms with Crippen molar-refractivity contribution in [1.82, 2.24) is 9.78 Å². The van der Waals surface area contributed by atoms with E-state index < -0.39 is 26.9 Å². The second-order valence-corrected chi connectivity index (χ2v) is 4.11. The van der Waals surface area contributed by atoms with E-state index in [0.29, 0.717) is 17.7 Å². The number of aryl methyl sites for hydroxylation is 1. The number of rotatable bonds is 2. The number of hydrogen-bond donors (Lipinski definition) is 0. The van der Waals surface area contributed by atoms with Crippen LogP contribution in [0.1, 0.15) is 12.6 Å². The van der Waals surface area contributed by atoms with Crippen LogP contribution in [-0.2, 0) is 23.2 Å². The Morgan fingerprint density at radius 1 is 1.50 bits per heavy atom. The van der Waals surface area contributed by atoms with Crippen molar-refractivity contribution in [2.24, 2.45) is 7.05 Å². The third kappa shape index (κ3) is 2.06. The minimum Gasteiger partial charge on any atom is -0.255 e. The number of hydrogen-bond acceptors (Lipinski definition) is 3. The van der Waals surface area contributed by atoms with Crippen LogP contribution in [0, 0.1) is 0 Å². The topological polar surface area (TPSA) is 52.0 Å². The van der Waals surface area contributed by atoms with Crippen molar-refractivity contribution in [1.29, 1.82) is 0 Å². The molecule has 4 nitrogen and oxygen atoms in total. The predicted molar refractivity (Wildman–Crippen MR) is 41.1 cm³/mol. The molecule has 0 aliphatic carbocycles. The van der Waals surface area contributed by atoms with Crippen LogP contribution in [0.25, 0.3) is 0 Å². The molecular formula is C6H7F3N2O2S. The molecule has 0 bridgehead atoms. The van der Waals surface area contributed by atoms with Crippen LogP contribution in [0.15, 0.2) is 11.1 Å². The van der Waals surface area contributed by atoms with Crippen LogP contribution in [0.4, 0.5) is 12.7 Å². The van der Waals surface area contributed by atoms with Gasteiger partial charge in [0.25, 0.3) is 5.92 Å². The summed E-state index contributed by atoms with van der Waals surface area (Å²) >= 11 is 0. The lowest BCUT2D eigenvalue weighted by atomic mass is 10.3. The van der Waals surface area contributed by atoms with Gasteiger partial charge in [0.15, 0.2) is 5.03 Å². The highest BCUT2D eigenvalue weighted by molar-refractivity contribution is 7.86. The fourth-order valence-corrected chi connectivity index (χ4v) is 1.50. The number of aromatic nitrogens is 2. The van der Waals surface area contributed by atoms with Crippen molar-refractivity contribution >= 4 is 10.2 Å². The first kappa shape index (κ1) is 11.0. The van der Waals surface area contributed by atoms with Gasteiger partial charge < -0.3 is 0 Å². The van der Waals surface area contributed by atoms with Gasteiger partial charge in [0.05, 0.1) is 0 Å². The molecule has 0 fully saturated rings. The van der Waals surface area contributed by atoms with Gasteiger partial charge >= 0.3 is 10.2 Å². The van der Waals surface area contributed by atoms with E-state index in [-0.39, 0.29) is 0 Å². The lowest BCUT2D eigenvalue weighted by Crippen LogP contribution is -2.08. The molecule has 0 saturated carbocycles. The average Bonchev–Trinajstić information content (AvgIpc) is 2.27. The molecule has 0 spiro atoms. The van der Waals surface area contributed by atoms with Crippen LogP contribution >= 0.6 is 0 Å². The zero-order chi connectivity index (χ0) is 11.1. The maximum absolute atomic E-state index is 12.6. The maximum Gasteiger partial charge on any atom is 0.349 e. The van der Waals surface area contributed by atoms with Crippen molar-refractivity contribution < 1.29 is 21.1 Å². The van der Waals surface area contributed by atoms with Gasteiger partial charge in [-0.3, -0.25) is 4.68 Å². The highest BCUT2D eigenvalue weighted by Gasteiger charge is 2.31. The molecule has 1 heterocycles. The lowest BCUT2D eigenvalue weighted by molar-refractivity contribution is 0.0122. The third-order valence-corrected chi connectivity index (χ3v) is 2.42. The molecule has 1 aromatic heterocycles. The molecule has 0 atom stereocenters. The normalized spacial score (nSPS) is 13.2. The van der Waals surface area contributed by atoms with Crippen LogP contribution in [0.5, 0.6) is 0 Å². The highest BCUT2D eigenvalue weighted by Crippen LogP contribution is 2.27. The van der Waals surface area contributed by atoms with Crippen LogP contribution in [-0.4, -0.2) is 18.2 Å². The Balaban J connectivity index is 3.33. The van der Waals surface area contributed by atoms with E-state index in [1.54, 1.807) is 0 Å². The molecule has 0 saturated heterocycles. The first-order valence-corrected chi connectivity index (χ1v) is 4.88. The zero-order valence-electron chi connectivity index (χ0n) is 7.33. The molecule has 0 unspecified atom stereocenters. The van der Waals surface area contributed by atoms with Gasteiger partial charge in [0.2, 0.25) is 0 Å². The Morgan fingerprint density at radius 2 is 2.00 bits per heavy atom. The zero-order valence-corrected chi connectivity index (χ0v) is 8.15. The van der Waals surface area contributed by atoms with Crippen LogP contribution in [0.3, 0.4) is 0 Å². The summed E-state index contributed by atoms with van der Waals surface area (Å²) in [5, 5.41) is 2.32. The molecule has 8 heteroatoms. The van der Waals surface area contributed by atoms with Crippen molar-refractivity contribution in [3.63, 3.8) is 0 Å². The van der Waals surface area contributed by atoms with E-state index in [2.05, 4.69) is 5.10 Å². The summed E-state index contributed by atoms with van der Waals surface area (Å²) in [5.41, 5.74) is -0.781. The monoisotopic (exact) mass is 228 g/mol. The Kier molecular flexibility index (Phi) is 2.34. The van der Waals surface area contributed by atoms with E-state index in [9.17, 15) is 21.1 Å². The summed E-state index contributed by atoms with van der Waals surface area (Å²) < 4.78 is 59.1. The number of alkyl halides is 2. The smallest absolute Gasteiger partial charge is 0.255 e. The third-order valence-electron chi connectivity index (χ3n) is 1.54. The minimum absolute atomic E-state index is 0.509. The second kappa shape index (κ2) is 2.97. The molecule has 1 rings (SSSR count). The molecular weight excluding hydrogens is 221 g/mol. The maximum atomic E-state index is 12.6. The molecule has 0 aliphatic heterocycles. The van der Waals surface area contributed by atoms with Crippen molar-refractivity contribution in [3.8, 4) is 0 Å². The van der Waals surface area contributed by atoms with E-state index in [1.807, 2.05) is 0 Å². The van der Waals surface area contributed by atoms with Gasteiger partial charge in [0.1, 0.15) is 5.69 Å². The second-order valence-electron chi connectivity index (χ2n) is 2.82. The Labute approximate surface area is 78.6 Å². The molecule has 14 heavy (non-hydrogen) atoms. The van der Waals surface area contributed by atoms with E-state index in [0.717, 1.165) is 7.05 Å². The fraction of sp³-hybridized carbons (Fsp3) is 0.500. The summed E-state index contributed by atoms with van der Waals surface area (Å²) in [7, 11) is -3.93. The van der Waals surface area contributed by atoms with Gasteiger partial charge in [-0.05, 0) is 0 Å². The largest absolute Gasteiger partial charge is 0.349 e. The fourth-order valence-electron chi connectivity index (χ4n) is 0.893. The molecule has 1 aromatic rings. The Hall–Kier alpha value is -1.05. The number of halogens is 3. The van der Waals surface area contributed by atoms with Crippen molar-refractivity contribution in [3.05, 3.63) is 11.8 Å². The van der Waals surface area contributed by atoms with Gasteiger partial charge in [-0.2, -0.15) is 22.3 Å². The van der Waals surface area contributed by atoms with Gasteiger partial charge in [0, 0.05) is 20.0 Å². The Morgan fingerprint density at radius 3 is 2.21 bits per heavy atom. The predicted octanol–water partition coefficient (Wildman–Crippen LogP) is 1.19. The SMILES string of the molecule is Cn1nc(C(C)(F)F)cc1S(=O)(=O)F. The van der Waals surface area contributed by atoms with E-state index in [4.69, 9.17) is 0 Å². The van der Waals surface area contributed by atoms with Gasteiger partial charge in [-0.1, -0.05) is 3.89 Å². The Bertz CT molecular complexity index is 446. The summed E-state index contributed by atoms with van der Waals surface area (Å²) in [6.07, 6.45) is 0. The van der Waals surface area contributed by atoms with Gasteiger partial charge in [-0.25, -0.2) is 0 Å². The van der Waals surface area contributed by atoms with Gasteiger partial charge in [-0.15, -0.1) is 0 Å². The number of nitrogens with zero attached hydrogens (tertiary/aromatic N) is 2. The first-order valence-electron chi connectivity index (χ1n) is 3.49. The van der Waals surface area contributed by atoms with Crippen LogP contribution < -0.4 is 0 Å². The summed E-state index contributed by atoms with van der Waals surface area (Å²) in [6.45, 7) is 0.546. The molecule has 0 aliphatic rings. The highest BCUT2D eigenvalue weighted by atomic mass is 32.3. The summed E-state index contributed by atoms with van der Waals surface area (Å²) in [5.74, 6) is -3.29.